The molecule has 1 aromatic heterocycles. The maximum absolute atomic E-state index is 12.8. The smallest absolute Gasteiger partial charge is 0.359 e. The van der Waals surface area contributed by atoms with E-state index in [2.05, 4.69) is 5.16 Å². The van der Waals surface area contributed by atoms with Gasteiger partial charge < -0.3 is 9.42 Å². The first kappa shape index (κ1) is 15.6. The number of amides is 1. The molecule has 0 bridgehead atoms. The lowest BCUT2D eigenvalue weighted by Crippen LogP contribution is -2.30. The van der Waals surface area contributed by atoms with E-state index in [9.17, 15) is 18.0 Å². The van der Waals surface area contributed by atoms with Crippen molar-refractivity contribution >= 4 is 5.91 Å². The SMILES string of the molecule is Cc1cc([C@H]2CCCN2C(=O)c2cccc(C(F)(F)F)c2)on1. The third-order valence-electron chi connectivity index (χ3n) is 3.93. The highest BCUT2D eigenvalue weighted by molar-refractivity contribution is 5.94. The van der Waals surface area contributed by atoms with Crippen LogP contribution >= 0.6 is 0 Å². The zero-order valence-corrected chi connectivity index (χ0v) is 12.4. The van der Waals surface area contributed by atoms with Crippen molar-refractivity contribution in [2.75, 3.05) is 6.54 Å². The first-order chi connectivity index (χ1) is 10.9. The van der Waals surface area contributed by atoms with E-state index < -0.39 is 17.6 Å². The Kier molecular flexibility index (Phi) is 3.87. The zero-order valence-electron chi connectivity index (χ0n) is 12.4. The number of carbonyl (C=O) groups excluding carboxylic acids is 1. The molecule has 4 nitrogen and oxygen atoms in total. The van der Waals surface area contributed by atoms with E-state index in [0.717, 1.165) is 18.6 Å². The summed E-state index contributed by atoms with van der Waals surface area (Å²) in [6, 6.07) is 5.97. The summed E-state index contributed by atoms with van der Waals surface area (Å²) in [6.07, 6.45) is -2.99. The summed E-state index contributed by atoms with van der Waals surface area (Å²) in [6.45, 7) is 2.26. The molecule has 0 spiro atoms. The summed E-state index contributed by atoms with van der Waals surface area (Å²) in [5.41, 5.74) is -0.0871. The number of aryl methyl sites for hydroxylation is 1. The van der Waals surface area contributed by atoms with Crippen molar-refractivity contribution in [1.29, 1.82) is 0 Å². The van der Waals surface area contributed by atoms with Crippen LogP contribution in [-0.2, 0) is 6.18 Å². The second-order valence-corrected chi connectivity index (χ2v) is 5.61. The number of benzene rings is 1. The molecule has 1 aromatic carbocycles. The van der Waals surface area contributed by atoms with Crippen LogP contribution in [0.3, 0.4) is 0 Å². The summed E-state index contributed by atoms with van der Waals surface area (Å²) in [5.74, 6) is 0.146. The number of nitrogens with zero attached hydrogens (tertiary/aromatic N) is 2. The van der Waals surface area contributed by atoms with E-state index in [1.807, 2.05) is 0 Å². The van der Waals surface area contributed by atoms with Gasteiger partial charge in [0.2, 0.25) is 0 Å². The molecule has 0 radical (unpaired) electrons. The Balaban J connectivity index is 1.87. The van der Waals surface area contributed by atoms with Gasteiger partial charge in [-0.3, -0.25) is 4.79 Å². The largest absolute Gasteiger partial charge is 0.416 e. The quantitative estimate of drug-likeness (QED) is 0.839. The second kappa shape index (κ2) is 5.72. The number of halogens is 3. The topological polar surface area (TPSA) is 46.3 Å². The molecule has 1 fully saturated rings. The molecule has 1 aliphatic rings. The van der Waals surface area contributed by atoms with Crippen LogP contribution in [-0.4, -0.2) is 22.5 Å². The highest BCUT2D eigenvalue weighted by Crippen LogP contribution is 2.34. The molecule has 2 aromatic rings. The second-order valence-electron chi connectivity index (χ2n) is 5.61. The molecule has 1 aliphatic heterocycles. The van der Waals surface area contributed by atoms with Crippen molar-refractivity contribution in [2.24, 2.45) is 0 Å². The molecule has 1 saturated heterocycles. The van der Waals surface area contributed by atoms with Gasteiger partial charge in [-0.15, -0.1) is 0 Å². The van der Waals surface area contributed by atoms with Gasteiger partial charge in [0, 0.05) is 18.2 Å². The molecule has 0 N–H and O–H groups in total. The van der Waals surface area contributed by atoms with Crippen LogP contribution in [0, 0.1) is 6.92 Å². The fourth-order valence-corrected chi connectivity index (χ4v) is 2.84. The number of likely N-dealkylation sites (tertiary alicyclic amines) is 1. The average Bonchev–Trinajstić information content (AvgIpc) is 3.14. The van der Waals surface area contributed by atoms with Gasteiger partial charge in [-0.05, 0) is 38.0 Å². The summed E-state index contributed by atoms with van der Waals surface area (Å²) >= 11 is 0. The number of hydrogen-bond donors (Lipinski definition) is 0. The molecule has 1 amide bonds. The zero-order chi connectivity index (χ0) is 16.6. The van der Waals surface area contributed by atoms with Crippen LogP contribution in [0.2, 0.25) is 0 Å². The monoisotopic (exact) mass is 324 g/mol. The molecule has 122 valence electrons. The van der Waals surface area contributed by atoms with Gasteiger partial charge in [0.1, 0.15) is 0 Å². The Morgan fingerprint density at radius 2 is 2.13 bits per heavy atom. The Hall–Kier alpha value is -2.31. The van der Waals surface area contributed by atoms with Crippen molar-refractivity contribution in [3.63, 3.8) is 0 Å². The summed E-state index contributed by atoms with van der Waals surface area (Å²) in [7, 11) is 0. The van der Waals surface area contributed by atoms with E-state index in [1.165, 1.54) is 12.1 Å². The van der Waals surface area contributed by atoms with E-state index in [1.54, 1.807) is 17.9 Å². The van der Waals surface area contributed by atoms with Crippen molar-refractivity contribution in [2.45, 2.75) is 32.0 Å². The fraction of sp³-hybridized carbons (Fsp3) is 0.375. The number of carbonyl (C=O) groups is 1. The summed E-state index contributed by atoms with van der Waals surface area (Å²) in [4.78, 5) is 14.2. The van der Waals surface area contributed by atoms with Gasteiger partial charge in [-0.25, -0.2) is 0 Å². The first-order valence-electron chi connectivity index (χ1n) is 7.28. The van der Waals surface area contributed by atoms with Crippen LogP contribution in [0.4, 0.5) is 13.2 Å². The maximum Gasteiger partial charge on any atom is 0.416 e. The molecule has 0 unspecified atom stereocenters. The normalized spacial score (nSPS) is 18.4. The number of rotatable bonds is 2. The molecule has 1 atom stereocenters. The van der Waals surface area contributed by atoms with Gasteiger partial charge in [0.05, 0.1) is 17.3 Å². The minimum atomic E-state index is -4.47. The van der Waals surface area contributed by atoms with E-state index in [4.69, 9.17) is 4.52 Å². The third-order valence-corrected chi connectivity index (χ3v) is 3.93. The Bertz CT molecular complexity index is 724. The molecule has 23 heavy (non-hydrogen) atoms. The Morgan fingerprint density at radius 1 is 1.35 bits per heavy atom. The Morgan fingerprint density at radius 3 is 2.78 bits per heavy atom. The van der Waals surface area contributed by atoms with Crippen molar-refractivity contribution in [3.05, 3.63) is 52.9 Å². The van der Waals surface area contributed by atoms with Crippen molar-refractivity contribution in [3.8, 4) is 0 Å². The minimum Gasteiger partial charge on any atom is -0.359 e. The van der Waals surface area contributed by atoms with E-state index in [-0.39, 0.29) is 11.6 Å². The third kappa shape index (κ3) is 3.09. The van der Waals surface area contributed by atoms with Crippen molar-refractivity contribution in [1.82, 2.24) is 10.1 Å². The predicted molar refractivity (Wildman–Crippen MR) is 75.7 cm³/mol. The lowest BCUT2D eigenvalue weighted by Gasteiger charge is -2.23. The molecule has 2 heterocycles. The number of aromatic nitrogens is 1. The number of hydrogen-bond acceptors (Lipinski definition) is 3. The first-order valence-corrected chi connectivity index (χ1v) is 7.28. The predicted octanol–water partition coefficient (Wildman–Crippen LogP) is 3.98. The van der Waals surface area contributed by atoms with Crippen LogP contribution < -0.4 is 0 Å². The maximum atomic E-state index is 12.8. The van der Waals surface area contributed by atoms with E-state index in [0.29, 0.717) is 24.4 Å². The van der Waals surface area contributed by atoms with Crippen LogP contribution in [0.25, 0.3) is 0 Å². The molecular formula is C16H15F3N2O2. The lowest BCUT2D eigenvalue weighted by atomic mass is 10.1. The number of alkyl halides is 3. The molecular weight excluding hydrogens is 309 g/mol. The van der Waals surface area contributed by atoms with Crippen LogP contribution in [0.1, 0.15) is 46.3 Å². The van der Waals surface area contributed by atoms with Crippen LogP contribution in [0.15, 0.2) is 34.9 Å². The molecule has 3 rings (SSSR count). The highest BCUT2D eigenvalue weighted by atomic mass is 19.4. The lowest BCUT2D eigenvalue weighted by molar-refractivity contribution is -0.137. The fourth-order valence-electron chi connectivity index (χ4n) is 2.84. The van der Waals surface area contributed by atoms with Gasteiger partial charge >= 0.3 is 6.18 Å². The Labute approximate surface area is 130 Å². The highest BCUT2D eigenvalue weighted by Gasteiger charge is 2.35. The van der Waals surface area contributed by atoms with E-state index >= 15 is 0 Å². The summed E-state index contributed by atoms with van der Waals surface area (Å²) in [5, 5.41) is 3.81. The molecule has 7 heteroatoms. The molecule has 0 aliphatic carbocycles. The standard InChI is InChI=1S/C16H15F3N2O2/c1-10-8-14(23-20-10)13-6-3-7-21(13)15(22)11-4-2-5-12(9-11)16(17,18)19/h2,4-5,8-9,13H,3,6-7H2,1H3/t13-/m1/s1. The van der Waals surface area contributed by atoms with Gasteiger partial charge in [-0.2, -0.15) is 13.2 Å². The minimum absolute atomic E-state index is 0.0305. The van der Waals surface area contributed by atoms with Crippen molar-refractivity contribution < 1.29 is 22.5 Å². The summed E-state index contributed by atoms with van der Waals surface area (Å²) < 4.78 is 43.6. The molecule has 0 saturated carbocycles. The van der Waals surface area contributed by atoms with Crippen LogP contribution in [0.5, 0.6) is 0 Å². The van der Waals surface area contributed by atoms with Gasteiger partial charge in [-0.1, -0.05) is 11.2 Å². The van der Waals surface area contributed by atoms with Gasteiger partial charge in [0.15, 0.2) is 5.76 Å². The average molecular weight is 324 g/mol. The van der Waals surface area contributed by atoms with Gasteiger partial charge in [0.25, 0.3) is 5.91 Å².